The number of carbonyl (C=O) groups is 1. The minimum Gasteiger partial charge on any atom is -0.394 e. The van der Waals surface area contributed by atoms with Crippen molar-refractivity contribution in [3.63, 3.8) is 0 Å². The van der Waals surface area contributed by atoms with Crippen LogP contribution >= 0.6 is 0 Å². The number of hydrogen-bond acceptors (Lipinski definition) is 8. The van der Waals surface area contributed by atoms with Crippen molar-refractivity contribution < 1.29 is 39.8 Å². The summed E-state index contributed by atoms with van der Waals surface area (Å²) in [6.45, 7) is 3.74. The van der Waals surface area contributed by atoms with E-state index in [1.54, 1.807) is 6.08 Å². The van der Waals surface area contributed by atoms with E-state index in [0.29, 0.717) is 6.42 Å². The Kier molecular flexibility index (Phi) is 35.3. The molecule has 0 aromatic rings. The summed E-state index contributed by atoms with van der Waals surface area (Å²) in [6, 6.07) is -0.821. The lowest BCUT2D eigenvalue weighted by atomic mass is 9.99. The van der Waals surface area contributed by atoms with Gasteiger partial charge in [-0.1, -0.05) is 172 Å². The molecule has 0 radical (unpaired) electrons. The van der Waals surface area contributed by atoms with E-state index in [9.17, 15) is 30.3 Å². The van der Waals surface area contributed by atoms with Gasteiger partial charge in [0.05, 0.1) is 25.4 Å². The van der Waals surface area contributed by atoms with E-state index in [0.717, 1.165) is 51.4 Å². The van der Waals surface area contributed by atoms with E-state index >= 15 is 0 Å². The molecule has 1 heterocycles. The highest BCUT2D eigenvalue weighted by Gasteiger charge is 2.44. The molecule has 1 aliphatic heterocycles. The average Bonchev–Trinajstić information content (AvgIpc) is 3.20. The third-order valence-corrected chi connectivity index (χ3v) is 10.9. The molecule has 328 valence electrons. The van der Waals surface area contributed by atoms with Crippen molar-refractivity contribution in [2.45, 2.75) is 243 Å². The average molecular weight is 794 g/mol. The van der Waals surface area contributed by atoms with E-state index < -0.39 is 49.5 Å². The summed E-state index contributed by atoms with van der Waals surface area (Å²) in [4.78, 5) is 12.9. The van der Waals surface area contributed by atoms with Crippen LogP contribution in [0.15, 0.2) is 36.5 Å². The molecule has 9 heteroatoms. The zero-order valence-electron chi connectivity index (χ0n) is 35.9. The van der Waals surface area contributed by atoms with E-state index in [1.165, 1.54) is 128 Å². The zero-order chi connectivity index (χ0) is 40.9. The number of rotatable bonds is 38. The molecule has 7 unspecified atom stereocenters. The van der Waals surface area contributed by atoms with E-state index in [2.05, 4.69) is 43.5 Å². The predicted molar refractivity (Wildman–Crippen MR) is 230 cm³/mol. The van der Waals surface area contributed by atoms with Gasteiger partial charge in [-0.25, -0.2) is 0 Å². The Morgan fingerprint density at radius 3 is 1.50 bits per heavy atom. The highest BCUT2D eigenvalue weighted by atomic mass is 16.7. The van der Waals surface area contributed by atoms with Crippen molar-refractivity contribution in [2.75, 3.05) is 13.2 Å². The Labute approximate surface area is 342 Å². The second kappa shape index (κ2) is 37.7. The first-order valence-corrected chi connectivity index (χ1v) is 23.2. The van der Waals surface area contributed by atoms with Gasteiger partial charge in [0.2, 0.25) is 5.91 Å². The van der Waals surface area contributed by atoms with Gasteiger partial charge in [-0.15, -0.1) is 0 Å². The number of aliphatic hydroxyl groups is 5. The number of nitrogens with one attached hydrogen (secondary N) is 1. The third-order valence-electron chi connectivity index (χ3n) is 10.9. The summed E-state index contributed by atoms with van der Waals surface area (Å²) in [5, 5.41) is 54.1. The van der Waals surface area contributed by atoms with Gasteiger partial charge in [0, 0.05) is 6.42 Å². The maximum absolute atomic E-state index is 12.9. The second-order valence-corrected chi connectivity index (χ2v) is 16.2. The molecule has 7 atom stereocenters. The molecule has 1 rings (SSSR count). The molecule has 0 aromatic carbocycles. The summed E-state index contributed by atoms with van der Waals surface area (Å²) >= 11 is 0. The molecule has 56 heavy (non-hydrogen) atoms. The first-order valence-electron chi connectivity index (χ1n) is 23.2. The van der Waals surface area contributed by atoms with Gasteiger partial charge >= 0.3 is 0 Å². The van der Waals surface area contributed by atoms with Crippen LogP contribution in [0.25, 0.3) is 0 Å². The normalized spacial score (nSPS) is 21.4. The molecule has 1 amide bonds. The molecule has 1 fully saturated rings. The van der Waals surface area contributed by atoms with Crippen LogP contribution in [0.2, 0.25) is 0 Å². The smallest absolute Gasteiger partial charge is 0.220 e. The summed E-state index contributed by atoms with van der Waals surface area (Å²) in [7, 11) is 0. The number of unbranched alkanes of at least 4 members (excludes halogenated alkanes) is 24. The predicted octanol–water partition coefficient (Wildman–Crippen LogP) is 9.67. The van der Waals surface area contributed by atoms with Crippen molar-refractivity contribution in [3.8, 4) is 0 Å². The Morgan fingerprint density at radius 1 is 0.589 bits per heavy atom. The minimum atomic E-state index is -1.57. The lowest BCUT2D eigenvalue weighted by Gasteiger charge is -2.40. The topological polar surface area (TPSA) is 149 Å². The van der Waals surface area contributed by atoms with Crippen LogP contribution in [0.5, 0.6) is 0 Å². The first kappa shape index (κ1) is 52.4. The van der Waals surface area contributed by atoms with Crippen LogP contribution in [0.3, 0.4) is 0 Å². The number of aliphatic hydroxyl groups excluding tert-OH is 5. The van der Waals surface area contributed by atoms with Crippen molar-refractivity contribution >= 4 is 5.91 Å². The number of carbonyl (C=O) groups excluding carboxylic acids is 1. The van der Waals surface area contributed by atoms with Gasteiger partial charge in [-0.2, -0.15) is 0 Å². The van der Waals surface area contributed by atoms with Crippen LogP contribution in [-0.4, -0.2) is 87.5 Å². The standard InChI is InChI=1S/C47H87NO8/c1-3-5-7-9-11-13-15-17-19-20-21-23-25-27-29-31-33-35-37-43(51)48-40(39-55-47-46(54)45(53)44(52)42(38-49)56-47)41(50)36-34-32-30-28-26-24-22-18-16-14-12-10-8-6-4-2/h19-20,26,28,34,36,40-42,44-47,49-50,52-54H,3-18,21-25,27,29-33,35,37-39H2,1-2H3,(H,48,51)/b20-19-,28-26+,36-34+. The molecule has 0 spiro atoms. The van der Waals surface area contributed by atoms with Crippen molar-refractivity contribution in [1.82, 2.24) is 5.32 Å². The Bertz CT molecular complexity index is 972. The summed E-state index contributed by atoms with van der Waals surface area (Å²) < 4.78 is 11.2. The zero-order valence-corrected chi connectivity index (χ0v) is 35.9. The van der Waals surface area contributed by atoms with Gasteiger partial charge in [0.25, 0.3) is 0 Å². The van der Waals surface area contributed by atoms with Crippen molar-refractivity contribution in [3.05, 3.63) is 36.5 Å². The number of allylic oxidation sites excluding steroid dienone is 5. The van der Waals surface area contributed by atoms with Gasteiger partial charge < -0.3 is 40.3 Å². The lowest BCUT2D eigenvalue weighted by molar-refractivity contribution is -0.302. The molecule has 0 saturated carbocycles. The van der Waals surface area contributed by atoms with Crippen LogP contribution in [0, 0.1) is 0 Å². The molecule has 0 aliphatic carbocycles. The third kappa shape index (κ3) is 27.9. The Balaban J connectivity index is 2.38. The molecule has 6 N–H and O–H groups in total. The van der Waals surface area contributed by atoms with Gasteiger partial charge in [-0.3, -0.25) is 4.79 Å². The minimum absolute atomic E-state index is 0.192. The van der Waals surface area contributed by atoms with Crippen molar-refractivity contribution in [2.24, 2.45) is 0 Å². The lowest BCUT2D eigenvalue weighted by Crippen LogP contribution is -2.60. The fourth-order valence-corrected chi connectivity index (χ4v) is 7.17. The molecule has 0 bridgehead atoms. The number of ether oxygens (including phenoxy) is 2. The number of amides is 1. The highest BCUT2D eigenvalue weighted by molar-refractivity contribution is 5.76. The van der Waals surface area contributed by atoms with Gasteiger partial charge in [0.1, 0.15) is 24.4 Å². The second-order valence-electron chi connectivity index (χ2n) is 16.2. The van der Waals surface area contributed by atoms with Crippen LogP contribution in [0.1, 0.15) is 200 Å². The van der Waals surface area contributed by atoms with Crippen molar-refractivity contribution in [1.29, 1.82) is 0 Å². The maximum atomic E-state index is 12.9. The quantitative estimate of drug-likeness (QED) is 0.0268. The highest BCUT2D eigenvalue weighted by Crippen LogP contribution is 2.22. The molecular formula is C47H87NO8. The van der Waals surface area contributed by atoms with Gasteiger partial charge in [-0.05, 0) is 57.8 Å². The molecule has 9 nitrogen and oxygen atoms in total. The molecule has 0 aromatic heterocycles. The molecular weight excluding hydrogens is 707 g/mol. The van der Waals surface area contributed by atoms with Gasteiger partial charge in [0.15, 0.2) is 6.29 Å². The summed E-state index contributed by atoms with van der Waals surface area (Å²) in [5.41, 5.74) is 0. The van der Waals surface area contributed by atoms with E-state index in [1.807, 2.05) is 6.08 Å². The first-order chi connectivity index (χ1) is 27.3. The Hall–Kier alpha value is -1.59. The SMILES string of the molecule is CCCCCCCCC/C=C\CCCCCCCCCC(=O)NC(COC1OC(CO)C(O)C(O)C1O)C(O)/C=C/CC/C=C/CCCCCCCCCCC. The van der Waals surface area contributed by atoms with E-state index in [4.69, 9.17) is 9.47 Å². The fourth-order valence-electron chi connectivity index (χ4n) is 7.17. The monoisotopic (exact) mass is 794 g/mol. The number of hydrogen-bond donors (Lipinski definition) is 6. The molecule has 1 saturated heterocycles. The van der Waals surface area contributed by atoms with Crippen LogP contribution in [0.4, 0.5) is 0 Å². The molecule has 1 aliphatic rings. The van der Waals surface area contributed by atoms with Crippen LogP contribution < -0.4 is 5.32 Å². The maximum Gasteiger partial charge on any atom is 0.220 e. The summed E-state index contributed by atoms with van der Waals surface area (Å²) in [5.74, 6) is -0.192. The summed E-state index contributed by atoms with van der Waals surface area (Å²) in [6.07, 6.45) is 39.0. The fraction of sp³-hybridized carbons (Fsp3) is 0.851. The largest absolute Gasteiger partial charge is 0.394 e. The Morgan fingerprint density at radius 2 is 1.02 bits per heavy atom. The van der Waals surface area contributed by atoms with E-state index in [-0.39, 0.29) is 12.5 Å². The van der Waals surface area contributed by atoms with Crippen LogP contribution in [-0.2, 0) is 14.3 Å².